The van der Waals surface area contributed by atoms with Gasteiger partial charge in [0.15, 0.2) is 10.7 Å². The van der Waals surface area contributed by atoms with Crippen LogP contribution in [0, 0.1) is 6.92 Å². The fourth-order valence-electron chi connectivity index (χ4n) is 4.36. The standard InChI is InChI=1S/C26H27N3O5S/c1-4-33-25(31)22-17(3)27-26-29(23(22)18-7-5-16(2)6-8-18)24(30)20(35-26)15-19-9-10-21(34-19)28-11-13-32-14-12-28/h5-10,15,23H,4,11-14H2,1-3H3/b20-15+/t23-/m1/s1. The van der Waals surface area contributed by atoms with E-state index in [1.54, 1.807) is 24.5 Å². The van der Waals surface area contributed by atoms with Crippen molar-refractivity contribution in [3.05, 3.63) is 84.2 Å². The molecule has 0 saturated carbocycles. The maximum Gasteiger partial charge on any atom is 0.338 e. The maximum absolute atomic E-state index is 13.6. The van der Waals surface area contributed by atoms with Crippen molar-refractivity contribution in [3.8, 4) is 0 Å². The zero-order valence-corrected chi connectivity index (χ0v) is 20.8. The molecule has 4 heterocycles. The number of aromatic nitrogens is 1. The van der Waals surface area contributed by atoms with Crippen molar-refractivity contribution in [1.82, 2.24) is 4.57 Å². The van der Waals surface area contributed by atoms with Crippen LogP contribution in [0.5, 0.6) is 0 Å². The number of esters is 1. The van der Waals surface area contributed by atoms with Crippen LogP contribution in [0.15, 0.2) is 61.9 Å². The Morgan fingerprint density at radius 1 is 1.17 bits per heavy atom. The molecule has 9 heteroatoms. The molecule has 0 unspecified atom stereocenters. The Bertz CT molecular complexity index is 1460. The molecule has 0 aliphatic carbocycles. The van der Waals surface area contributed by atoms with Crippen molar-refractivity contribution in [3.63, 3.8) is 0 Å². The topological polar surface area (TPSA) is 86.3 Å². The molecule has 5 rings (SSSR count). The average molecular weight is 494 g/mol. The Kier molecular flexibility index (Phi) is 6.44. The highest BCUT2D eigenvalue weighted by atomic mass is 32.1. The number of ether oxygens (including phenoxy) is 2. The summed E-state index contributed by atoms with van der Waals surface area (Å²) in [5.41, 5.74) is 2.62. The lowest BCUT2D eigenvalue weighted by atomic mass is 9.95. The number of hydrogen-bond acceptors (Lipinski definition) is 8. The van der Waals surface area contributed by atoms with E-state index in [1.165, 1.54) is 11.3 Å². The van der Waals surface area contributed by atoms with E-state index in [1.807, 2.05) is 43.3 Å². The van der Waals surface area contributed by atoms with Crippen molar-refractivity contribution >= 4 is 29.3 Å². The Morgan fingerprint density at radius 3 is 2.63 bits per heavy atom. The van der Waals surface area contributed by atoms with Crippen LogP contribution in [0.2, 0.25) is 0 Å². The summed E-state index contributed by atoms with van der Waals surface area (Å²) in [7, 11) is 0. The van der Waals surface area contributed by atoms with Crippen LogP contribution in [-0.2, 0) is 14.3 Å². The first-order valence-electron chi connectivity index (χ1n) is 11.6. The van der Waals surface area contributed by atoms with E-state index < -0.39 is 12.0 Å². The second-order valence-electron chi connectivity index (χ2n) is 8.49. The number of benzene rings is 1. The fourth-order valence-corrected chi connectivity index (χ4v) is 5.39. The predicted octanol–water partition coefficient (Wildman–Crippen LogP) is 2.54. The van der Waals surface area contributed by atoms with Gasteiger partial charge in [-0.3, -0.25) is 9.36 Å². The molecule has 2 aliphatic heterocycles. The van der Waals surface area contributed by atoms with Gasteiger partial charge in [-0.2, -0.15) is 0 Å². The second kappa shape index (κ2) is 9.67. The zero-order valence-electron chi connectivity index (χ0n) is 19.9. The summed E-state index contributed by atoms with van der Waals surface area (Å²) >= 11 is 1.28. The number of thiazole rings is 1. The maximum atomic E-state index is 13.6. The summed E-state index contributed by atoms with van der Waals surface area (Å²) in [6.07, 6.45) is 1.74. The number of allylic oxidation sites excluding steroid dienone is 1. The third-order valence-corrected chi connectivity index (χ3v) is 7.10. The van der Waals surface area contributed by atoms with Crippen LogP contribution >= 0.6 is 11.3 Å². The van der Waals surface area contributed by atoms with Gasteiger partial charge in [0, 0.05) is 25.2 Å². The van der Waals surface area contributed by atoms with Gasteiger partial charge in [0.25, 0.3) is 5.56 Å². The van der Waals surface area contributed by atoms with Gasteiger partial charge >= 0.3 is 5.97 Å². The first-order valence-corrected chi connectivity index (χ1v) is 12.5. The number of anilines is 1. The van der Waals surface area contributed by atoms with Crippen molar-refractivity contribution < 1.29 is 18.7 Å². The number of fused-ring (bicyclic) bond motifs is 1. The van der Waals surface area contributed by atoms with E-state index in [0.717, 1.165) is 30.1 Å². The van der Waals surface area contributed by atoms with Gasteiger partial charge < -0.3 is 18.8 Å². The molecule has 3 aromatic rings. The Hall–Kier alpha value is -3.43. The van der Waals surface area contributed by atoms with Gasteiger partial charge in [0.1, 0.15) is 5.76 Å². The molecule has 0 radical (unpaired) electrons. The van der Waals surface area contributed by atoms with Gasteiger partial charge in [-0.15, -0.1) is 0 Å². The molecule has 0 bridgehead atoms. The molecule has 2 aliphatic rings. The summed E-state index contributed by atoms with van der Waals surface area (Å²) in [5, 5.41) is 0. The molecule has 182 valence electrons. The number of aryl methyl sites for hydroxylation is 1. The molecule has 1 saturated heterocycles. The summed E-state index contributed by atoms with van der Waals surface area (Å²) in [5.74, 6) is 0.880. The highest BCUT2D eigenvalue weighted by molar-refractivity contribution is 7.07. The fraction of sp³-hybridized carbons (Fsp3) is 0.346. The third-order valence-electron chi connectivity index (χ3n) is 6.12. The highest BCUT2D eigenvalue weighted by Crippen LogP contribution is 2.31. The van der Waals surface area contributed by atoms with Crippen molar-refractivity contribution in [2.24, 2.45) is 4.99 Å². The van der Waals surface area contributed by atoms with Gasteiger partial charge in [-0.25, -0.2) is 9.79 Å². The minimum atomic E-state index is -0.617. The molecule has 35 heavy (non-hydrogen) atoms. The van der Waals surface area contributed by atoms with Gasteiger partial charge in [-0.05, 0) is 32.4 Å². The smallest absolute Gasteiger partial charge is 0.338 e. The summed E-state index contributed by atoms with van der Waals surface area (Å²) in [6.45, 7) is 8.64. The van der Waals surface area contributed by atoms with Crippen LogP contribution in [0.25, 0.3) is 6.08 Å². The SMILES string of the molecule is CCOC(=O)C1=C(C)N=c2s/c(=C/c3ccc(N4CCOCC4)o3)c(=O)n2[C@@H]1c1ccc(C)cc1. The first-order chi connectivity index (χ1) is 17.0. The summed E-state index contributed by atoms with van der Waals surface area (Å²) in [6, 6.07) is 11.0. The van der Waals surface area contributed by atoms with E-state index >= 15 is 0 Å². The van der Waals surface area contributed by atoms with E-state index in [0.29, 0.717) is 39.6 Å². The highest BCUT2D eigenvalue weighted by Gasteiger charge is 2.33. The lowest BCUT2D eigenvalue weighted by Crippen LogP contribution is -2.39. The molecule has 0 spiro atoms. The molecule has 8 nitrogen and oxygen atoms in total. The van der Waals surface area contributed by atoms with E-state index in [-0.39, 0.29) is 12.2 Å². The van der Waals surface area contributed by atoms with Crippen molar-refractivity contribution in [2.45, 2.75) is 26.8 Å². The number of rotatable bonds is 5. The normalized spacial score (nSPS) is 18.4. The van der Waals surface area contributed by atoms with Crippen LogP contribution in [0.1, 0.15) is 36.8 Å². The van der Waals surface area contributed by atoms with Gasteiger partial charge in [0.05, 0.1) is 41.7 Å². The molecule has 0 amide bonds. The van der Waals surface area contributed by atoms with Crippen LogP contribution in [0.4, 0.5) is 5.88 Å². The Balaban J connectivity index is 1.60. The van der Waals surface area contributed by atoms with Crippen LogP contribution < -0.4 is 19.8 Å². The Morgan fingerprint density at radius 2 is 1.91 bits per heavy atom. The minimum Gasteiger partial charge on any atom is -0.463 e. The zero-order chi connectivity index (χ0) is 24.5. The minimum absolute atomic E-state index is 0.224. The van der Waals surface area contributed by atoms with E-state index in [2.05, 4.69) is 9.89 Å². The number of morpholine rings is 1. The quantitative estimate of drug-likeness (QED) is 0.508. The molecule has 2 aromatic heterocycles. The van der Waals surface area contributed by atoms with Gasteiger partial charge in [-0.1, -0.05) is 41.2 Å². The summed E-state index contributed by atoms with van der Waals surface area (Å²) in [4.78, 5) is 33.9. The lowest BCUT2D eigenvalue weighted by molar-refractivity contribution is -0.139. The number of carbonyl (C=O) groups excluding carboxylic acids is 1. The van der Waals surface area contributed by atoms with Crippen molar-refractivity contribution in [2.75, 3.05) is 37.8 Å². The first kappa shape index (κ1) is 23.3. The molecular formula is C26H27N3O5S. The Labute approximate surface area is 206 Å². The summed E-state index contributed by atoms with van der Waals surface area (Å²) < 4.78 is 18.8. The van der Waals surface area contributed by atoms with E-state index in [9.17, 15) is 9.59 Å². The molecule has 1 atom stereocenters. The molecule has 1 fully saturated rings. The average Bonchev–Trinajstić information content (AvgIpc) is 3.44. The number of carbonyl (C=O) groups is 1. The number of nitrogens with zero attached hydrogens (tertiary/aromatic N) is 3. The van der Waals surface area contributed by atoms with Crippen molar-refractivity contribution in [1.29, 1.82) is 0 Å². The second-order valence-corrected chi connectivity index (χ2v) is 9.50. The monoisotopic (exact) mass is 493 g/mol. The molecule has 1 aromatic carbocycles. The molecular weight excluding hydrogens is 466 g/mol. The van der Waals surface area contributed by atoms with Crippen LogP contribution in [0.3, 0.4) is 0 Å². The van der Waals surface area contributed by atoms with Gasteiger partial charge in [0.2, 0.25) is 0 Å². The lowest BCUT2D eigenvalue weighted by Gasteiger charge is -2.26. The third kappa shape index (κ3) is 4.49. The predicted molar refractivity (Wildman–Crippen MR) is 133 cm³/mol. The molecule has 0 N–H and O–H groups in total. The largest absolute Gasteiger partial charge is 0.463 e. The number of hydrogen-bond donors (Lipinski definition) is 0. The number of furan rings is 1. The van der Waals surface area contributed by atoms with E-state index in [4.69, 9.17) is 13.9 Å². The van der Waals surface area contributed by atoms with Crippen LogP contribution in [-0.4, -0.2) is 43.4 Å².